The molecule has 0 atom stereocenters. The van der Waals surface area contributed by atoms with Gasteiger partial charge >= 0.3 is 0 Å². The number of allylic oxidation sites excluding steroid dienone is 6. The van der Waals surface area contributed by atoms with Crippen LogP contribution in [0.5, 0.6) is 0 Å². The van der Waals surface area contributed by atoms with Crippen LogP contribution in [0.2, 0.25) is 39.3 Å². The van der Waals surface area contributed by atoms with Gasteiger partial charge in [0.25, 0.3) is 0 Å². The van der Waals surface area contributed by atoms with Crippen LogP contribution in [0.3, 0.4) is 0 Å². The quantitative estimate of drug-likeness (QED) is 0.332. The Hall–Kier alpha value is -0.686. The van der Waals surface area contributed by atoms with Crippen LogP contribution in [0.4, 0.5) is 0 Å². The maximum atomic E-state index is 6.49. The molecule has 0 saturated carbocycles. The van der Waals surface area contributed by atoms with Crippen LogP contribution in [0.25, 0.3) is 0 Å². The Labute approximate surface area is 157 Å². The lowest BCUT2D eigenvalue weighted by atomic mass is 9.70. The fraction of sp³-hybridized carbons (Fsp3) is 0.619. The molecule has 0 fully saturated rings. The van der Waals surface area contributed by atoms with E-state index in [4.69, 9.17) is 8.85 Å². The Bertz CT molecular complexity index is 542. The van der Waals surface area contributed by atoms with Crippen molar-refractivity contribution in [1.29, 1.82) is 0 Å². The Morgan fingerprint density at radius 3 is 1.76 bits per heavy atom. The van der Waals surface area contributed by atoms with Crippen LogP contribution in [-0.2, 0) is 8.85 Å². The van der Waals surface area contributed by atoms with Crippen molar-refractivity contribution in [2.24, 2.45) is 5.41 Å². The number of hydrogen-bond acceptors (Lipinski definition) is 2. The molecule has 0 amide bonds. The van der Waals surface area contributed by atoms with Crippen molar-refractivity contribution in [3.8, 4) is 0 Å². The smallest absolute Gasteiger partial charge is 0.183 e. The second-order valence-corrected chi connectivity index (χ2v) is 18.2. The SMILES string of the molecule is C[Si](C)(C)OCCCC(CO[Si](C)(C)C)(C1=CC=CC1)C1=CC=CC1. The first-order chi connectivity index (χ1) is 11.6. The zero-order valence-electron chi connectivity index (χ0n) is 17.0. The third kappa shape index (κ3) is 6.21. The van der Waals surface area contributed by atoms with E-state index < -0.39 is 16.6 Å². The molecule has 140 valence electrons. The summed E-state index contributed by atoms with van der Waals surface area (Å²) in [7, 11) is -3.01. The molecular formula is C21H36O2Si2. The lowest BCUT2D eigenvalue weighted by molar-refractivity contribution is 0.176. The van der Waals surface area contributed by atoms with Gasteiger partial charge in [-0.25, -0.2) is 0 Å². The summed E-state index contributed by atoms with van der Waals surface area (Å²) in [6.07, 6.45) is 17.9. The van der Waals surface area contributed by atoms with Crippen molar-refractivity contribution >= 4 is 16.6 Å². The number of rotatable bonds is 10. The van der Waals surface area contributed by atoms with Crippen LogP contribution < -0.4 is 0 Å². The van der Waals surface area contributed by atoms with Crippen LogP contribution in [-0.4, -0.2) is 29.8 Å². The topological polar surface area (TPSA) is 18.5 Å². The predicted octanol–water partition coefficient (Wildman–Crippen LogP) is 6.23. The highest BCUT2D eigenvalue weighted by Crippen LogP contribution is 2.47. The fourth-order valence-corrected chi connectivity index (χ4v) is 4.92. The van der Waals surface area contributed by atoms with Gasteiger partial charge in [0, 0.05) is 18.6 Å². The van der Waals surface area contributed by atoms with Crippen molar-refractivity contribution in [2.45, 2.75) is 65.0 Å². The molecule has 2 nitrogen and oxygen atoms in total. The van der Waals surface area contributed by atoms with Crippen LogP contribution >= 0.6 is 0 Å². The van der Waals surface area contributed by atoms with Crippen molar-refractivity contribution in [2.75, 3.05) is 13.2 Å². The first kappa shape index (κ1) is 20.6. The summed E-state index contributed by atoms with van der Waals surface area (Å²) in [6, 6.07) is 0. The Morgan fingerprint density at radius 1 is 0.840 bits per heavy atom. The van der Waals surface area contributed by atoms with E-state index >= 15 is 0 Å². The molecule has 0 bridgehead atoms. The van der Waals surface area contributed by atoms with E-state index in [1.807, 2.05) is 0 Å². The summed E-state index contributed by atoms with van der Waals surface area (Å²) in [5, 5.41) is 0. The molecule has 0 aliphatic heterocycles. The van der Waals surface area contributed by atoms with Gasteiger partial charge in [0.15, 0.2) is 16.6 Å². The van der Waals surface area contributed by atoms with Crippen molar-refractivity contribution in [3.63, 3.8) is 0 Å². The van der Waals surface area contributed by atoms with Gasteiger partial charge in [0.1, 0.15) is 0 Å². The minimum absolute atomic E-state index is 0.0378. The maximum absolute atomic E-state index is 6.49. The summed E-state index contributed by atoms with van der Waals surface area (Å²) >= 11 is 0. The lowest BCUT2D eigenvalue weighted by Gasteiger charge is -2.39. The predicted molar refractivity (Wildman–Crippen MR) is 114 cm³/mol. The van der Waals surface area contributed by atoms with Crippen molar-refractivity contribution < 1.29 is 8.85 Å². The van der Waals surface area contributed by atoms with Crippen LogP contribution in [0.1, 0.15) is 25.7 Å². The molecule has 0 radical (unpaired) electrons. The number of hydrogen-bond donors (Lipinski definition) is 0. The highest BCUT2D eigenvalue weighted by molar-refractivity contribution is 6.70. The maximum Gasteiger partial charge on any atom is 0.183 e. The van der Waals surface area contributed by atoms with Gasteiger partial charge in [0.2, 0.25) is 0 Å². The van der Waals surface area contributed by atoms with E-state index in [1.165, 1.54) is 11.1 Å². The first-order valence-electron chi connectivity index (χ1n) is 9.63. The van der Waals surface area contributed by atoms with Gasteiger partial charge < -0.3 is 8.85 Å². The highest BCUT2D eigenvalue weighted by Gasteiger charge is 2.39. The molecule has 4 heteroatoms. The van der Waals surface area contributed by atoms with E-state index in [2.05, 4.69) is 75.7 Å². The largest absolute Gasteiger partial charge is 0.418 e. The van der Waals surface area contributed by atoms with Gasteiger partial charge in [-0.1, -0.05) is 47.6 Å². The Balaban J connectivity index is 2.17. The molecule has 0 aromatic rings. The van der Waals surface area contributed by atoms with Gasteiger partial charge in [0.05, 0.1) is 0 Å². The second-order valence-electron chi connectivity index (χ2n) is 9.20. The van der Waals surface area contributed by atoms with Gasteiger partial charge in [-0.15, -0.1) is 0 Å². The molecule has 2 aliphatic rings. The second kappa shape index (κ2) is 8.34. The summed E-state index contributed by atoms with van der Waals surface area (Å²) in [5.41, 5.74) is 3.08. The molecule has 0 saturated heterocycles. The van der Waals surface area contributed by atoms with E-state index in [1.54, 1.807) is 0 Å². The molecule has 2 aliphatic carbocycles. The standard InChI is InChI=1S/C21H36O2Si2/c1-24(2,3)22-17-11-16-21(18-23-25(4,5)6,19-12-7-8-13-19)20-14-9-10-15-20/h7-10,12,14H,11,13,15-18H2,1-6H3. The van der Waals surface area contributed by atoms with E-state index in [0.717, 1.165) is 38.9 Å². The Morgan fingerprint density at radius 2 is 1.36 bits per heavy atom. The molecule has 0 N–H and O–H groups in total. The summed E-state index contributed by atoms with van der Waals surface area (Å²) in [4.78, 5) is 0. The molecule has 2 rings (SSSR count). The molecule has 0 aromatic carbocycles. The fourth-order valence-electron chi connectivity index (χ4n) is 3.48. The van der Waals surface area contributed by atoms with Crippen molar-refractivity contribution in [1.82, 2.24) is 0 Å². The molecule has 0 aromatic heterocycles. The third-order valence-corrected chi connectivity index (χ3v) is 6.89. The van der Waals surface area contributed by atoms with Gasteiger partial charge in [-0.3, -0.25) is 0 Å². The summed E-state index contributed by atoms with van der Waals surface area (Å²) < 4.78 is 12.6. The minimum Gasteiger partial charge on any atom is -0.418 e. The van der Waals surface area contributed by atoms with Gasteiger partial charge in [-0.2, -0.15) is 0 Å². The summed E-state index contributed by atoms with van der Waals surface area (Å²) in [6.45, 7) is 15.3. The lowest BCUT2D eigenvalue weighted by Crippen LogP contribution is -2.38. The normalized spacial score (nSPS) is 18.0. The summed E-state index contributed by atoms with van der Waals surface area (Å²) in [5.74, 6) is 0. The van der Waals surface area contributed by atoms with Crippen molar-refractivity contribution in [3.05, 3.63) is 47.6 Å². The molecule has 0 unspecified atom stereocenters. The zero-order valence-corrected chi connectivity index (χ0v) is 19.0. The first-order valence-corrected chi connectivity index (χ1v) is 16.4. The Kier molecular flexibility index (Phi) is 6.88. The molecular weight excluding hydrogens is 340 g/mol. The third-order valence-electron chi connectivity index (χ3n) is 4.81. The average molecular weight is 377 g/mol. The van der Waals surface area contributed by atoms with Gasteiger partial charge in [-0.05, 0) is 65.0 Å². The minimum atomic E-state index is -1.57. The van der Waals surface area contributed by atoms with E-state index in [-0.39, 0.29) is 5.41 Å². The molecule has 25 heavy (non-hydrogen) atoms. The monoisotopic (exact) mass is 376 g/mol. The zero-order chi connectivity index (χ0) is 18.6. The van der Waals surface area contributed by atoms with E-state index in [9.17, 15) is 0 Å². The highest BCUT2D eigenvalue weighted by atomic mass is 28.4. The van der Waals surface area contributed by atoms with Crippen LogP contribution in [0, 0.1) is 5.41 Å². The molecule has 0 heterocycles. The van der Waals surface area contributed by atoms with Crippen LogP contribution in [0.15, 0.2) is 47.6 Å². The van der Waals surface area contributed by atoms with E-state index in [0.29, 0.717) is 0 Å². The average Bonchev–Trinajstić information content (AvgIpc) is 3.18. The molecule has 0 spiro atoms.